The van der Waals surface area contributed by atoms with Crippen LogP contribution in [0.15, 0.2) is 65.6 Å². The number of carbonyl (C=O) groups is 1. The van der Waals surface area contributed by atoms with Crippen LogP contribution in [-0.2, 0) is 26.1 Å². The molecule has 1 aliphatic heterocycles. The van der Waals surface area contributed by atoms with E-state index in [0.29, 0.717) is 5.56 Å². The fraction of sp³-hybridized carbons (Fsp3) is 0.286. The van der Waals surface area contributed by atoms with Crippen LogP contribution in [0.2, 0.25) is 0 Å². The minimum Gasteiger partial charge on any atom is -0.394 e. The van der Waals surface area contributed by atoms with E-state index in [2.05, 4.69) is 10.0 Å². The van der Waals surface area contributed by atoms with Crippen molar-refractivity contribution in [1.29, 1.82) is 0 Å². The maximum absolute atomic E-state index is 13.6. The minimum atomic E-state index is -3.98. The molecule has 2 aromatic rings. The van der Waals surface area contributed by atoms with Crippen molar-refractivity contribution in [3.05, 3.63) is 77.9 Å². The van der Waals surface area contributed by atoms with Crippen molar-refractivity contribution in [3.8, 4) is 0 Å². The van der Waals surface area contributed by atoms with E-state index in [1.165, 1.54) is 18.2 Å². The molecule has 7 nitrogen and oxygen atoms in total. The number of aliphatic hydroxyl groups is 1. The molecule has 0 aromatic heterocycles. The summed E-state index contributed by atoms with van der Waals surface area (Å²) < 4.78 is 59.7. The lowest BCUT2D eigenvalue weighted by molar-refractivity contribution is -0.125. The molecule has 166 valence electrons. The summed E-state index contributed by atoms with van der Waals surface area (Å²) in [5.74, 6) is -1.38. The molecule has 3 atom stereocenters. The van der Waals surface area contributed by atoms with Gasteiger partial charge in [-0.25, -0.2) is 21.9 Å². The summed E-state index contributed by atoms with van der Waals surface area (Å²) in [5.41, 5.74) is 0.347. The molecule has 1 amide bonds. The van der Waals surface area contributed by atoms with E-state index in [4.69, 9.17) is 4.74 Å². The van der Waals surface area contributed by atoms with Crippen molar-refractivity contribution >= 4 is 15.9 Å². The summed E-state index contributed by atoms with van der Waals surface area (Å²) in [6.07, 6.45) is 1.32. The number of rotatable bonds is 8. The van der Waals surface area contributed by atoms with Crippen LogP contribution in [-0.4, -0.2) is 44.3 Å². The largest absolute Gasteiger partial charge is 0.394 e. The van der Waals surface area contributed by atoms with E-state index in [9.17, 15) is 27.1 Å². The van der Waals surface area contributed by atoms with Gasteiger partial charge in [-0.2, -0.15) is 0 Å². The molecule has 1 aliphatic rings. The number of amides is 1. The highest BCUT2D eigenvalue weighted by molar-refractivity contribution is 7.89. The molecular weight excluding hydrogens is 430 g/mol. The van der Waals surface area contributed by atoms with Gasteiger partial charge in [0.15, 0.2) is 0 Å². The third kappa shape index (κ3) is 6.17. The van der Waals surface area contributed by atoms with Crippen LogP contribution >= 0.6 is 0 Å². The van der Waals surface area contributed by atoms with Crippen molar-refractivity contribution in [2.45, 2.75) is 36.1 Å². The van der Waals surface area contributed by atoms with Gasteiger partial charge in [0.25, 0.3) is 0 Å². The lowest BCUT2D eigenvalue weighted by Crippen LogP contribution is -2.49. The molecule has 0 bridgehead atoms. The molecule has 3 rings (SSSR count). The fourth-order valence-corrected chi connectivity index (χ4v) is 4.28. The number of carbonyl (C=O) groups excluding carboxylic acids is 1. The van der Waals surface area contributed by atoms with Gasteiger partial charge in [0.05, 0.1) is 30.1 Å². The zero-order chi connectivity index (χ0) is 22.4. The van der Waals surface area contributed by atoms with Gasteiger partial charge in [0, 0.05) is 12.1 Å². The molecule has 0 radical (unpaired) electrons. The maximum Gasteiger partial charge on any atom is 0.241 e. The molecule has 0 unspecified atom stereocenters. The molecule has 31 heavy (non-hydrogen) atoms. The number of nitrogens with one attached hydrogen (secondary N) is 2. The van der Waals surface area contributed by atoms with Crippen LogP contribution in [0, 0.1) is 11.6 Å². The molecule has 0 saturated heterocycles. The molecule has 3 N–H and O–H groups in total. The standard InChI is InChI=1S/C21H22F2N2O5S/c22-15-5-8-17(9-6-15)31(28,29)25-19-10-7-16(30-20(19)13-26)11-21(27)24-12-14-3-1-2-4-18(14)23/h1-10,16,19-20,25-26H,11-13H2,(H,24,27)/t16-,19+,20-/m0/s1. The summed E-state index contributed by atoms with van der Waals surface area (Å²) in [5, 5.41) is 12.2. The van der Waals surface area contributed by atoms with E-state index < -0.39 is 46.5 Å². The van der Waals surface area contributed by atoms with Crippen LogP contribution in [0.4, 0.5) is 8.78 Å². The average Bonchev–Trinajstić information content (AvgIpc) is 2.74. The van der Waals surface area contributed by atoms with Gasteiger partial charge in [-0.05, 0) is 30.3 Å². The first-order valence-corrected chi connectivity index (χ1v) is 11.0. The van der Waals surface area contributed by atoms with E-state index in [-0.39, 0.29) is 23.8 Å². The van der Waals surface area contributed by atoms with E-state index in [1.54, 1.807) is 18.2 Å². The van der Waals surface area contributed by atoms with E-state index >= 15 is 0 Å². The average molecular weight is 452 g/mol. The second-order valence-electron chi connectivity index (χ2n) is 6.95. The highest BCUT2D eigenvalue weighted by Gasteiger charge is 2.31. The number of sulfonamides is 1. The topological polar surface area (TPSA) is 105 Å². The molecule has 10 heteroatoms. The Morgan fingerprint density at radius 3 is 2.45 bits per heavy atom. The van der Waals surface area contributed by atoms with E-state index in [1.807, 2.05) is 0 Å². The quantitative estimate of drug-likeness (QED) is 0.528. The van der Waals surface area contributed by atoms with Crippen molar-refractivity contribution in [1.82, 2.24) is 10.0 Å². The minimum absolute atomic E-state index is 0.0193. The zero-order valence-corrected chi connectivity index (χ0v) is 17.2. The van der Waals surface area contributed by atoms with Crippen molar-refractivity contribution in [3.63, 3.8) is 0 Å². The van der Waals surface area contributed by atoms with Crippen molar-refractivity contribution in [2.75, 3.05) is 6.61 Å². The third-order valence-electron chi connectivity index (χ3n) is 4.70. The lowest BCUT2D eigenvalue weighted by Gasteiger charge is -2.31. The first-order chi connectivity index (χ1) is 14.8. The Hall–Kier alpha value is -2.66. The lowest BCUT2D eigenvalue weighted by atomic mass is 10.1. The van der Waals surface area contributed by atoms with Gasteiger partial charge in [0.2, 0.25) is 15.9 Å². The SMILES string of the molecule is O=C(C[C@@H]1C=C[C@@H](NS(=O)(=O)c2ccc(F)cc2)[C@H](CO)O1)NCc1ccccc1F. The summed E-state index contributed by atoms with van der Waals surface area (Å²) in [6, 6.07) is 9.51. The second kappa shape index (κ2) is 10.1. The Bertz CT molecular complexity index is 1040. The van der Waals surface area contributed by atoms with Crippen molar-refractivity contribution < 1.29 is 31.8 Å². The maximum atomic E-state index is 13.6. The van der Waals surface area contributed by atoms with Crippen LogP contribution in [0.1, 0.15) is 12.0 Å². The van der Waals surface area contributed by atoms with Crippen LogP contribution in [0.3, 0.4) is 0 Å². The highest BCUT2D eigenvalue weighted by Crippen LogP contribution is 2.19. The molecule has 0 spiro atoms. The molecule has 0 aliphatic carbocycles. The third-order valence-corrected chi connectivity index (χ3v) is 6.17. The normalized spacial score (nSPS) is 21.1. The predicted octanol–water partition coefficient (Wildman–Crippen LogP) is 1.63. The van der Waals surface area contributed by atoms with Gasteiger partial charge in [-0.3, -0.25) is 4.79 Å². The molecule has 1 heterocycles. The van der Waals surface area contributed by atoms with Crippen LogP contribution in [0.25, 0.3) is 0 Å². The first kappa shape index (κ1) is 23.0. The Morgan fingerprint density at radius 1 is 1.06 bits per heavy atom. The fourth-order valence-electron chi connectivity index (χ4n) is 3.06. The predicted molar refractivity (Wildman–Crippen MR) is 108 cm³/mol. The highest BCUT2D eigenvalue weighted by atomic mass is 32.2. The summed E-state index contributed by atoms with van der Waals surface area (Å²) in [4.78, 5) is 12.0. The summed E-state index contributed by atoms with van der Waals surface area (Å²) in [6.45, 7) is -0.472. The Kier molecular flexibility index (Phi) is 7.50. The van der Waals surface area contributed by atoms with Gasteiger partial charge in [-0.15, -0.1) is 0 Å². The second-order valence-corrected chi connectivity index (χ2v) is 8.67. The summed E-state index contributed by atoms with van der Waals surface area (Å²) >= 11 is 0. The number of hydrogen-bond acceptors (Lipinski definition) is 5. The number of benzene rings is 2. The molecular formula is C21H22F2N2O5S. The monoisotopic (exact) mass is 452 g/mol. The number of halogens is 2. The number of aliphatic hydroxyl groups excluding tert-OH is 1. The van der Waals surface area contributed by atoms with Crippen molar-refractivity contribution in [2.24, 2.45) is 0 Å². The molecule has 0 saturated carbocycles. The molecule has 0 fully saturated rings. The first-order valence-electron chi connectivity index (χ1n) is 9.51. The Balaban J connectivity index is 1.59. The Labute approximate surface area is 178 Å². The van der Waals surface area contributed by atoms with E-state index in [0.717, 1.165) is 24.3 Å². The number of ether oxygens (including phenoxy) is 1. The van der Waals surface area contributed by atoms with Crippen LogP contribution < -0.4 is 10.0 Å². The zero-order valence-electron chi connectivity index (χ0n) is 16.4. The van der Waals surface area contributed by atoms with Gasteiger partial charge >= 0.3 is 0 Å². The Morgan fingerprint density at radius 2 is 1.77 bits per heavy atom. The van der Waals surface area contributed by atoms with Gasteiger partial charge < -0.3 is 15.2 Å². The van der Waals surface area contributed by atoms with Gasteiger partial charge in [-0.1, -0.05) is 30.4 Å². The smallest absolute Gasteiger partial charge is 0.241 e. The number of hydrogen-bond donors (Lipinski definition) is 3. The van der Waals surface area contributed by atoms with Gasteiger partial charge in [0.1, 0.15) is 17.7 Å². The van der Waals surface area contributed by atoms with Crippen LogP contribution in [0.5, 0.6) is 0 Å². The summed E-state index contributed by atoms with van der Waals surface area (Å²) in [7, 11) is -3.98. The molecule has 2 aromatic carbocycles.